The van der Waals surface area contributed by atoms with E-state index in [2.05, 4.69) is 27.1 Å². The quantitative estimate of drug-likeness (QED) is 0.788. The van der Waals surface area contributed by atoms with Crippen LogP contribution in [0.25, 0.3) is 0 Å². The van der Waals surface area contributed by atoms with Gasteiger partial charge in [0.15, 0.2) is 0 Å². The number of aromatic nitrogens is 3. The van der Waals surface area contributed by atoms with Gasteiger partial charge in [-0.05, 0) is 22.4 Å². The molecule has 68 valence electrons. The van der Waals surface area contributed by atoms with E-state index in [1.807, 2.05) is 6.20 Å². The van der Waals surface area contributed by atoms with Gasteiger partial charge in [-0.15, -0.1) is 5.10 Å². The van der Waals surface area contributed by atoms with Crippen molar-refractivity contribution in [3.05, 3.63) is 34.3 Å². The van der Waals surface area contributed by atoms with Crippen molar-refractivity contribution in [1.82, 2.24) is 15.0 Å². The fraction of sp³-hybridized carbons (Fsp3) is 0.250. The maximum Gasteiger partial charge on any atom is 0.0962 e. The molecule has 0 atom stereocenters. The Bertz CT molecular complexity index is 365. The lowest BCUT2D eigenvalue weighted by Crippen LogP contribution is -1.99. The molecule has 2 N–H and O–H groups in total. The highest BCUT2D eigenvalue weighted by atomic mass is 32.1. The average molecular weight is 194 g/mol. The van der Waals surface area contributed by atoms with E-state index in [1.165, 1.54) is 5.56 Å². The minimum absolute atomic E-state index is 0.448. The van der Waals surface area contributed by atoms with E-state index in [0.29, 0.717) is 6.54 Å². The molecule has 0 fully saturated rings. The lowest BCUT2D eigenvalue weighted by molar-refractivity contribution is 0.650. The second kappa shape index (κ2) is 3.68. The second-order valence-electron chi connectivity index (χ2n) is 2.74. The highest BCUT2D eigenvalue weighted by Crippen LogP contribution is 2.07. The standard InChI is InChI=1S/C8H10N4S/c9-3-8-5-12(11-10-8)4-7-1-2-13-6-7/h1-2,5-6H,3-4,9H2. The summed E-state index contributed by atoms with van der Waals surface area (Å²) in [6.45, 7) is 1.22. The minimum Gasteiger partial charge on any atom is -0.325 e. The third-order valence-corrected chi connectivity index (χ3v) is 2.45. The van der Waals surface area contributed by atoms with Gasteiger partial charge in [0.05, 0.1) is 18.4 Å². The van der Waals surface area contributed by atoms with Gasteiger partial charge in [0.1, 0.15) is 0 Å². The Morgan fingerprint density at radius 1 is 1.54 bits per heavy atom. The molecule has 2 rings (SSSR count). The lowest BCUT2D eigenvalue weighted by Gasteiger charge is -1.94. The third-order valence-electron chi connectivity index (χ3n) is 1.72. The van der Waals surface area contributed by atoms with Gasteiger partial charge in [-0.3, -0.25) is 0 Å². The summed E-state index contributed by atoms with van der Waals surface area (Å²) >= 11 is 1.69. The third kappa shape index (κ3) is 1.93. The Morgan fingerprint density at radius 2 is 2.46 bits per heavy atom. The Morgan fingerprint density at radius 3 is 3.08 bits per heavy atom. The second-order valence-corrected chi connectivity index (χ2v) is 3.52. The molecule has 2 aromatic heterocycles. The molecule has 0 saturated heterocycles. The number of hydrogen-bond donors (Lipinski definition) is 1. The van der Waals surface area contributed by atoms with Gasteiger partial charge in [-0.2, -0.15) is 11.3 Å². The molecule has 2 heterocycles. The summed E-state index contributed by atoms with van der Waals surface area (Å²) in [7, 11) is 0. The van der Waals surface area contributed by atoms with Crippen LogP contribution in [-0.4, -0.2) is 15.0 Å². The summed E-state index contributed by atoms with van der Waals surface area (Å²) in [6, 6.07) is 2.08. The van der Waals surface area contributed by atoms with E-state index in [-0.39, 0.29) is 0 Å². The molecule has 0 unspecified atom stereocenters. The molecule has 0 spiro atoms. The normalized spacial score (nSPS) is 10.5. The van der Waals surface area contributed by atoms with Crippen molar-refractivity contribution in [3.8, 4) is 0 Å². The lowest BCUT2D eigenvalue weighted by atomic mass is 10.3. The summed E-state index contributed by atoms with van der Waals surface area (Å²) in [6.07, 6.45) is 1.87. The largest absolute Gasteiger partial charge is 0.325 e. The number of nitrogens with zero attached hydrogens (tertiary/aromatic N) is 3. The number of thiophene rings is 1. The molecule has 0 saturated carbocycles. The Kier molecular flexibility index (Phi) is 2.37. The van der Waals surface area contributed by atoms with Gasteiger partial charge >= 0.3 is 0 Å². The number of rotatable bonds is 3. The van der Waals surface area contributed by atoms with E-state index in [9.17, 15) is 0 Å². The van der Waals surface area contributed by atoms with E-state index in [4.69, 9.17) is 5.73 Å². The van der Waals surface area contributed by atoms with Crippen LogP contribution in [0.5, 0.6) is 0 Å². The zero-order valence-corrected chi connectivity index (χ0v) is 7.87. The first-order valence-electron chi connectivity index (χ1n) is 3.98. The van der Waals surface area contributed by atoms with Crippen LogP contribution in [-0.2, 0) is 13.1 Å². The van der Waals surface area contributed by atoms with Crippen molar-refractivity contribution in [2.75, 3.05) is 0 Å². The van der Waals surface area contributed by atoms with E-state index in [1.54, 1.807) is 16.0 Å². The summed E-state index contributed by atoms with van der Waals surface area (Å²) < 4.78 is 1.80. The number of nitrogens with two attached hydrogens (primary N) is 1. The molecule has 0 radical (unpaired) electrons. The van der Waals surface area contributed by atoms with Crippen LogP contribution in [0.4, 0.5) is 0 Å². The molecule has 0 aliphatic carbocycles. The Hall–Kier alpha value is -1.20. The maximum atomic E-state index is 5.42. The Balaban J connectivity index is 2.10. The predicted octanol–water partition coefficient (Wildman–Crippen LogP) is 0.847. The van der Waals surface area contributed by atoms with Crippen molar-refractivity contribution in [2.24, 2.45) is 5.73 Å². The summed E-state index contributed by atoms with van der Waals surface area (Å²) in [5, 5.41) is 12.0. The fourth-order valence-corrected chi connectivity index (χ4v) is 1.74. The van der Waals surface area contributed by atoms with Gasteiger partial charge < -0.3 is 5.73 Å². The van der Waals surface area contributed by atoms with Gasteiger partial charge in [-0.25, -0.2) is 4.68 Å². The monoisotopic (exact) mass is 194 g/mol. The Labute approximate surface area is 80.0 Å². The molecule has 0 amide bonds. The van der Waals surface area contributed by atoms with Gasteiger partial charge in [0.2, 0.25) is 0 Å². The first kappa shape index (κ1) is 8.40. The molecular weight excluding hydrogens is 184 g/mol. The highest BCUT2D eigenvalue weighted by Gasteiger charge is 1.99. The van der Waals surface area contributed by atoms with Crippen LogP contribution in [0.3, 0.4) is 0 Å². The molecule has 0 aliphatic rings. The van der Waals surface area contributed by atoms with Gasteiger partial charge in [0, 0.05) is 6.54 Å². The van der Waals surface area contributed by atoms with Crippen molar-refractivity contribution in [2.45, 2.75) is 13.1 Å². The van der Waals surface area contributed by atoms with Crippen LogP contribution in [0.2, 0.25) is 0 Å². The fourth-order valence-electron chi connectivity index (χ4n) is 1.08. The van der Waals surface area contributed by atoms with Gasteiger partial charge in [-0.1, -0.05) is 5.21 Å². The van der Waals surface area contributed by atoms with E-state index < -0.39 is 0 Å². The minimum atomic E-state index is 0.448. The number of hydrogen-bond acceptors (Lipinski definition) is 4. The summed E-state index contributed by atoms with van der Waals surface area (Å²) in [5.41, 5.74) is 7.50. The van der Waals surface area contributed by atoms with Crippen LogP contribution in [0.15, 0.2) is 23.0 Å². The maximum absolute atomic E-state index is 5.42. The SMILES string of the molecule is NCc1cn(Cc2ccsc2)nn1. The summed E-state index contributed by atoms with van der Waals surface area (Å²) in [4.78, 5) is 0. The van der Waals surface area contributed by atoms with Crippen molar-refractivity contribution in [3.63, 3.8) is 0 Å². The molecule has 0 aromatic carbocycles. The van der Waals surface area contributed by atoms with E-state index in [0.717, 1.165) is 12.2 Å². The molecule has 4 nitrogen and oxygen atoms in total. The van der Waals surface area contributed by atoms with Gasteiger partial charge in [0.25, 0.3) is 0 Å². The molecule has 0 bridgehead atoms. The van der Waals surface area contributed by atoms with Crippen LogP contribution < -0.4 is 5.73 Å². The van der Waals surface area contributed by atoms with E-state index >= 15 is 0 Å². The smallest absolute Gasteiger partial charge is 0.0962 e. The van der Waals surface area contributed by atoms with Crippen molar-refractivity contribution < 1.29 is 0 Å². The first-order valence-corrected chi connectivity index (χ1v) is 4.93. The van der Waals surface area contributed by atoms with Crippen LogP contribution >= 0.6 is 11.3 Å². The van der Waals surface area contributed by atoms with Crippen LogP contribution in [0.1, 0.15) is 11.3 Å². The summed E-state index contributed by atoms with van der Waals surface area (Å²) in [5.74, 6) is 0. The van der Waals surface area contributed by atoms with Crippen molar-refractivity contribution in [1.29, 1.82) is 0 Å². The zero-order valence-electron chi connectivity index (χ0n) is 7.05. The molecule has 5 heteroatoms. The van der Waals surface area contributed by atoms with Crippen molar-refractivity contribution >= 4 is 11.3 Å². The molecule has 13 heavy (non-hydrogen) atoms. The highest BCUT2D eigenvalue weighted by molar-refractivity contribution is 7.07. The molecular formula is C8H10N4S. The predicted molar refractivity (Wildman–Crippen MR) is 51.3 cm³/mol. The molecule has 2 aromatic rings. The average Bonchev–Trinajstić information content (AvgIpc) is 2.76. The van der Waals surface area contributed by atoms with Crippen LogP contribution in [0, 0.1) is 0 Å². The molecule has 0 aliphatic heterocycles. The first-order chi connectivity index (χ1) is 6.38. The zero-order chi connectivity index (χ0) is 9.10. The topological polar surface area (TPSA) is 56.7 Å².